The average Bonchev–Trinajstić information content (AvgIpc) is 2.45. The van der Waals surface area contributed by atoms with Crippen molar-refractivity contribution in [3.63, 3.8) is 0 Å². The van der Waals surface area contributed by atoms with E-state index >= 15 is 0 Å². The predicted octanol–water partition coefficient (Wildman–Crippen LogP) is 2.02. The number of amides is 2. The van der Waals surface area contributed by atoms with Gasteiger partial charge in [-0.15, -0.1) is 0 Å². The SMILES string of the molecule is COC(=O)NC(=O)[C@@H](C)N1CCCc2cc(C)ccc21. The molecular weight excluding hydrogens is 256 g/mol. The first-order valence-electron chi connectivity index (χ1n) is 6.78. The number of aryl methyl sites for hydroxylation is 2. The highest BCUT2D eigenvalue weighted by Gasteiger charge is 2.27. The Bertz CT molecular complexity index is 528. The van der Waals surface area contributed by atoms with Gasteiger partial charge in [-0.05, 0) is 38.3 Å². The zero-order chi connectivity index (χ0) is 14.7. The van der Waals surface area contributed by atoms with Crippen molar-refractivity contribution >= 4 is 17.7 Å². The number of carbonyl (C=O) groups excluding carboxylic acids is 2. The van der Waals surface area contributed by atoms with Gasteiger partial charge in [0.05, 0.1) is 7.11 Å². The first kappa shape index (κ1) is 14.4. The van der Waals surface area contributed by atoms with Gasteiger partial charge in [-0.25, -0.2) is 4.79 Å². The molecule has 108 valence electrons. The van der Waals surface area contributed by atoms with Crippen molar-refractivity contribution in [1.82, 2.24) is 5.32 Å². The van der Waals surface area contributed by atoms with Crippen LogP contribution in [0.4, 0.5) is 10.5 Å². The minimum atomic E-state index is -0.719. The Hall–Kier alpha value is -2.04. The third-order valence-electron chi connectivity index (χ3n) is 3.65. The van der Waals surface area contributed by atoms with Crippen LogP contribution in [0, 0.1) is 6.92 Å². The molecule has 0 radical (unpaired) electrons. The largest absolute Gasteiger partial charge is 0.453 e. The first-order valence-corrected chi connectivity index (χ1v) is 6.78. The lowest BCUT2D eigenvalue weighted by Crippen LogP contribution is -2.48. The molecule has 0 saturated heterocycles. The molecule has 20 heavy (non-hydrogen) atoms. The van der Waals surface area contributed by atoms with Crippen LogP contribution in [0.5, 0.6) is 0 Å². The maximum absolute atomic E-state index is 12.0. The summed E-state index contributed by atoms with van der Waals surface area (Å²) in [7, 11) is 1.24. The minimum absolute atomic E-state index is 0.342. The lowest BCUT2D eigenvalue weighted by Gasteiger charge is -2.35. The van der Waals surface area contributed by atoms with Crippen molar-refractivity contribution in [3.05, 3.63) is 29.3 Å². The zero-order valence-electron chi connectivity index (χ0n) is 12.1. The van der Waals surface area contributed by atoms with Crippen molar-refractivity contribution in [1.29, 1.82) is 0 Å². The Morgan fingerprint density at radius 1 is 1.40 bits per heavy atom. The molecule has 0 aliphatic carbocycles. The van der Waals surface area contributed by atoms with Crippen LogP contribution in [0.15, 0.2) is 18.2 Å². The number of alkyl carbamates (subject to hydrolysis) is 1. The van der Waals surface area contributed by atoms with E-state index in [9.17, 15) is 9.59 Å². The first-order chi connectivity index (χ1) is 9.52. The van der Waals surface area contributed by atoms with Gasteiger partial charge in [0.15, 0.2) is 0 Å². The monoisotopic (exact) mass is 276 g/mol. The van der Waals surface area contributed by atoms with Gasteiger partial charge in [-0.3, -0.25) is 10.1 Å². The predicted molar refractivity (Wildman–Crippen MR) is 76.9 cm³/mol. The standard InChI is InChI=1S/C15H20N2O3/c1-10-6-7-13-12(9-10)5-4-8-17(13)11(2)14(18)16-15(19)20-3/h6-7,9,11H,4-5,8H2,1-3H3,(H,16,18,19)/t11-/m1/s1. The fourth-order valence-corrected chi connectivity index (χ4v) is 2.55. The fraction of sp³-hybridized carbons (Fsp3) is 0.467. The molecule has 1 aromatic rings. The number of nitrogens with one attached hydrogen (secondary N) is 1. The summed E-state index contributed by atoms with van der Waals surface area (Å²) >= 11 is 0. The summed E-state index contributed by atoms with van der Waals surface area (Å²) in [5.74, 6) is -0.342. The molecule has 1 aliphatic rings. The van der Waals surface area contributed by atoms with Gasteiger partial charge >= 0.3 is 6.09 Å². The molecule has 0 saturated carbocycles. The molecule has 2 amide bonds. The van der Waals surface area contributed by atoms with Crippen molar-refractivity contribution in [2.75, 3.05) is 18.6 Å². The highest BCUT2D eigenvalue weighted by molar-refractivity contribution is 5.96. The van der Waals surface area contributed by atoms with Crippen LogP contribution in [0.1, 0.15) is 24.5 Å². The van der Waals surface area contributed by atoms with Gasteiger partial charge < -0.3 is 9.64 Å². The Balaban J connectivity index is 2.18. The number of anilines is 1. The summed E-state index contributed by atoms with van der Waals surface area (Å²) in [4.78, 5) is 25.2. The van der Waals surface area contributed by atoms with Gasteiger partial charge in [0.25, 0.3) is 5.91 Å². The van der Waals surface area contributed by atoms with Crippen LogP contribution in [-0.2, 0) is 16.0 Å². The zero-order valence-corrected chi connectivity index (χ0v) is 12.1. The van der Waals surface area contributed by atoms with Crippen LogP contribution in [0.25, 0.3) is 0 Å². The van der Waals surface area contributed by atoms with E-state index in [4.69, 9.17) is 0 Å². The van der Waals surface area contributed by atoms with Crippen LogP contribution in [0.3, 0.4) is 0 Å². The molecule has 5 nitrogen and oxygen atoms in total. The highest BCUT2D eigenvalue weighted by atomic mass is 16.5. The Morgan fingerprint density at radius 3 is 2.85 bits per heavy atom. The second-order valence-corrected chi connectivity index (χ2v) is 5.09. The van der Waals surface area contributed by atoms with Crippen LogP contribution in [-0.4, -0.2) is 31.7 Å². The maximum Gasteiger partial charge on any atom is 0.413 e. The molecule has 1 aromatic carbocycles. The van der Waals surface area contributed by atoms with Gasteiger partial charge in [-0.2, -0.15) is 0 Å². The molecule has 1 N–H and O–H groups in total. The molecule has 1 atom stereocenters. The smallest absolute Gasteiger partial charge is 0.413 e. The van der Waals surface area contributed by atoms with E-state index in [1.165, 1.54) is 18.2 Å². The molecule has 5 heteroatoms. The minimum Gasteiger partial charge on any atom is -0.453 e. The number of fused-ring (bicyclic) bond motifs is 1. The number of nitrogens with zero attached hydrogens (tertiary/aromatic N) is 1. The maximum atomic E-state index is 12.0. The van der Waals surface area contributed by atoms with Gasteiger partial charge in [0.2, 0.25) is 0 Å². The van der Waals surface area contributed by atoms with E-state index in [2.05, 4.69) is 23.0 Å². The molecule has 1 heterocycles. The van der Waals surface area contributed by atoms with Crippen LogP contribution >= 0.6 is 0 Å². The number of ether oxygens (including phenoxy) is 1. The summed E-state index contributed by atoms with van der Waals surface area (Å²) < 4.78 is 4.45. The van der Waals surface area contributed by atoms with Gasteiger partial charge in [-0.1, -0.05) is 17.7 Å². The van der Waals surface area contributed by atoms with Gasteiger partial charge in [0, 0.05) is 12.2 Å². The summed E-state index contributed by atoms with van der Waals surface area (Å²) in [6.07, 6.45) is 1.31. The topological polar surface area (TPSA) is 58.6 Å². The van der Waals surface area contributed by atoms with E-state index in [-0.39, 0.29) is 5.91 Å². The Kier molecular flexibility index (Phi) is 4.27. The summed E-state index contributed by atoms with van der Waals surface area (Å²) in [6, 6.07) is 5.84. The normalized spacial score (nSPS) is 15.2. The fourth-order valence-electron chi connectivity index (χ4n) is 2.55. The Labute approximate surface area is 118 Å². The molecule has 0 spiro atoms. The van der Waals surface area contributed by atoms with Crippen molar-refractivity contribution in [3.8, 4) is 0 Å². The molecular formula is C15H20N2O3. The van der Waals surface area contributed by atoms with Crippen LogP contribution in [0.2, 0.25) is 0 Å². The second-order valence-electron chi connectivity index (χ2n) is 5.09. The molecule has 2 rings (SSSR count). The average molecular weight is 276 g/mol. The van der Waals surface area contributed by atoms with E-state index < -0.39 is 12.1 Å². The molecule has 0 bridgehead atoms. The van der Waals surface area contributed by atoms with E-state index in [1.807, 2.05) is 17.0 Å². The lowest BCUT2D eigenvalue weighted by atomic mass is 9.98. The van der Waals surface area contributed by atoms with E-state index in [0.29, 0.717) is 0 Å². The summed E-state index contributed by atoms with van der Waals surface area (Å²) in [5, 5.41) is 2.23. The van der Waals surface area contributed by atoms with E-state index in [1.54, 1.807) is 6.92 Å². The van der Waals surface area contributed by atoms with Crippen LogP contribution < -0.4 is 10.2 Å². The van der Waals surface area contributed by atoms with Crippen molar-refractivity contribution < 1.29 is 14.3 Å². The number of methoxy groups -OCH3 is 1. The lowest BCUT2D eigenvalue weighted by molar-refractivity contribution is -0.121. The number of imide groups is 1. The molecule has 0 fully saturated rings. The molecule has 0 aromatic heterocycles. The number of carbonyl (C=O) groups is 2. The molecule has 0 unspecified atom stereocenters. The second kappa shape index (κ2) is 5.94. The number of benzene rings is 1. The van der Waals surface area contributed by atoms with Crippen molar-refractivity contribution in [2.24, 2.45) is 0 Å². The number of hydrogen-bond donors (Lipinski definition) is 1. The summed E-state index contributed by atoms with van der Waals surface area (Å²) in [6.45, 7) is 4.67. The quantitative estimate of drug-likeness (QED) is 0.897. The number of rotatable bonds is 2. The number of hydrogen-bond acceptors (Lipinski definition) is 4. The Morgan fingerprint density at radius 2 is 2.15 bits per heavy atom. The third-order valence-corrected chi connectivity index (χ3v) is 3.65. The molecule has 1 aliphatic heterocycles. The summed E-state index contributed by atoms with van der Waals surface area (Å²) in [5.41, 5.74) is 3.56. The highest BCUT2D eigenvalue weighted by Crippen LogP contribution is 2.29. The third kappa shape index (κ3) is 2.92. The van der Waals surface area contributed by atoms with E-state index in [0.717, 1.165) is 25.1 Å². The van der Waals surface area contributed by atoms with Crippen molar-refractivity contribution in [2.45, 2.75) is 32.7 Å². The van der Waals surface area contributed by atoms with Gasteiger partial charge in [0.1, 0.15) is 6.04 Å².